The van der Waals surface area contributed by atoms with E-state index < -0.39 is 4.92 Å². The van der Waals surface area contributed by atoms with Crippen LogP contribution in [0, 0.1) is 10.1 Å². The smallest absolute Gasteiger partial charge is 0.322 e. The van der Waals surface area contributed by atoms with E-state index in [-0.39, 0.29) is 16.8 Å². The molecular formula is C19H22N4O4. The van der Waals surface area contributed by atoms with Crippen molar-refractivity contribution in [2.24, 2.45) is 0 Å². The van der Waals surface area contributed by atoms with E-state index in [1.54, 1.807) is 12.1 Å². The Balaban J connectivity index is 2.29. The van der Waals surface area contributed by atoms with Gasteiger partial charge in [-0.15, -0.1) is 0 Å². The van der Waals surface area contributed by atoms with Crippen LogP contribution < -0.4 is 9.80 Å². The van der Waals surface area contributed by atoms with Crippen molar-refractivity contribution in [2.75, 3.05) is 39.4 Å². The lowest BCUT2D eigenvalue weighted by Crippen LogP contribution is -2.24. The number of hydrogen-bond donors (Lipinski definition) is 1. The van der Waals surface area contributed by atoms with Crippen LogP contribution in [-0.4, -0.2) is 54.3 Å². The molecule has 1 N–H and O–H groups in total. The summed E-state index contributed by atoms with van der Waals surface area (Å²) in [5, 5.41) is 24.6. The second-order valence-corrected chi connectivity index (χ2v) is 6.53. The van der Waals surface area contributed by atoms with Crippen LogP contribution >= 0.6 is 0 Å². The summed E-state index contributed by atoms with van der Waals surface area (Å²) in [6.45, 7) is 1.11. The first-order valence-electron chi connectivity index (χ1n) is 8.59. The van der Waals surface area contributed by atoms with E-state index in [2.05, 4.69) is 4.98 Å². The van der Waals surface area contributed by atoms with Crippen molar-refractivity contribution in [2.45, 2.75) is 6.42 Å². The number of hydrogen-bond acceptors (Lipinski definition) is 7. The van der Waals surface area contributed by atoms with Crippen molar-refractivity contribution in [3.05, 3.63) is 46.5 Å². The van der Waals surface area contributed by atoms with Crippen molar-refractivity contribution in [3.63, 3.8) is 0 Å². The molecule has 8 nitrogen and oxygen atoms in total. The van der Waals surface area contributed by atoms with Gasteiger partial charge in [-0.2, -0.15) is 0 Å². The monoisotopic (exact) mass is 370 g/mol. The fourth-order valence-electron chi connectivity index (χ4n) is 3.19. The Bertz CT molecular complexity index is 990. The number of nitro groups is 1. The van der Waals surface area contributed by atoms with Crippen LogP contribution in [0.25, 0.3) is 21.8 Å². The molecule has 0 fully saturated rings. The lowest BCUT2D eigenvalue weighted by atomic mass is 10.0. The zero-order chi connectivity index (χ0) is 19.6. The molecule has 3 rings (SSSR count). The molecule has 8 heteroatoms. The standard InChI is InChI=1S/C19H22N4O4/c1-21(2)11-6-12-22(24)18-13-7-4-5-8-14(13)20-15-9-10-16(27-3)19(17(15)18)23(25)26/h4-5,7-10,24H,6,11-12H2,1-3H3. The van der Waals surface area contributed by atoms with Gasteiger partial charge in [0.25, 0.3) is 0 Å². The molecule has 0 aliphatic carbocycles. The minimum Gasteiger partial charge on any atom is -0.490 e. The number of benzene rings is 2. The minimum absolute atomic E-state index is 0.132. The van der Waals surface area contributed by atoms with Gasteiger partial charge >= 0.3 is 5.69 Å². The van der Waals surface area contributed by atoms with E-state index in [1.807, 2.05) is 37.2 Å². The lowest BCUT2D eigenvalue weighted by Gasteiger charge is -2.22. The Kier molecular flexibility index (Phi) is 5.38. The third kappa shape index (κ3) is 3.62. The first-order valence-corrected chi connectivity index (χ1v) is 8.59. The van der Waals surface area contributed by atoms with E-state index in [1.165, 1.54) is 13.2 Å². The maximum Gasteiger partial charge on any atom is 0.322 e. The van der Waals surface area contributed by atoms with Crippen molar-refractivity contribution in [1.29, 1.82) is 0 Å². The summed E-state index contributed by atoms with van der Waals surface area (Å²) in [5.74, 6) is 0.132. The first-order chi connectivity index (χ1) is 12.9. The van der Waals surface area contributed by atoms with Gasteiger partial charge in [0.1, 0.15) is 5.39 Å². The van der Waals surface area contributed by atoms with Crippen LogP contribution in [0.2, 0.25) is 0 Å². The van der Waals surface area contributed by atoms with Crippen LogP contribution in [0.3, 0.4) is 0 Å². The zero-order valence-electron chi connectivity index (χ0n) is 15.5. The molecule has 3 aromatic rings. The molecular weight excluding hydrogens is 348 g/mol. The average molecular weight is 370 g/mol. The number of anilines is 1. The van der Waals surface area contributed by atoms with E-state index in [0.717, 1.165) is 11.6 Å². The Morgan fingerprint density at radius 2 is 1.89 bits per heavy atom. The summed E-state index contributed by atoms with van der Waals surface area (Å²) >= 11 is 0. The molecule has 142 valence electrons. The van der Waals surface area contributed by atoms with Crippen LogP contribution in [0.5, 0.6) is 5.75 Å². The normalized spacial score (nSPS) is 11.3. The number of nitrogens with zero attached hydrogens (tertiary/aromatic N) is 4. The molecule has 0 saturated heterocycles. The summed E-state index contributed by atoms with van der Waals surface area (Å²) < 4.78 is 5.20. The number of ether oxygens (including phenoxy) is 1. The lowest BCUT2D eigenvalue weighted by molar-refractivity contribution is -0.383. The highest BCUT2D eigenvalue weighted by atomic mass is 16.6. The van der Waals surface area contributed by atoms with Gasteiger partial charge in [-0.25, -0.2) is 4.98 Å². The molecule has 27 heavy (non-hydrogen) atoms. The Morgan fingerprint density at radius 3 is 2.56 bits per heavy atom. The fourth-order valence-corrected chi connectivity index (χ4v) is 3.19. The number of nitro benzene ring substituents is 1. The third-order valence-electron chi connectivity index (χ3n) is 4.39. The van der Waals surface area contributed by atoms with Gasteiger partial charge in [0, 0.05) is 11.9 Å². The number of pyridine rings is 1. The Morgan fingerprint density at radius 1 is 1.15 bits per heavy atom. The highest BCUT2D eigenvalue weighted by molar-refractivity contribution is 6.12. The average Bonchev–Trinajstić information content (AvgIpc) is 2.64. The molecule has 1 aromatic heterocycles. The SMILES string of the molecule is COc1ccc2nc3ccccc3c(N(O)CCCN(C)C)c2c1[N+](=O)[O-]. The van der Waals surface area contributed by atoms with Gasteiger partial charge in [0.15, 0.2) is 5.75 Å². The summed E-state index contributed by atoms with van der Waals surface area (Å²) in [5.41, 5.74) is 1.27. The number of methoxy groups -OCH3 is 1. The van der Waals surface area contributed by atoms with E-state index in [4.69, 9.17) is 4.74 Å². The summed E-state index contributed by atoms with van der Waals surface area (Å²) in [4.78, 5) is 17.9. The molecule has 0 unspecified atom stereocenters. The van der Waals surface area contributed by atoms with Gasteiger partial charge in [-0.1, -0.05) is 18.2 Å². The van der Waals surface area contributed by atoms with Crippen molar-refractivity contribution in [3.8, 4) is 5.75 Å². The predicted octanol–water partition coefficient (Wildman–Crippen LogP) is 3.45. The number of rotatable bonds is 7. The van der Waals surface area contributed by atoms with E-state index in [9.17, 15) is 15.3 Å². The second kappa shape index (κ2) is 7.73. The second-order valence-electron chi connectivity index (χ2n) is 6.53. The van der Waals surface area contributed by atoms with E-state index >= 15 is 0 Å². The van der Waals surface area contributed by atoms with Crippen LogP contribution in [0.4, 0.5) is 11.4 Å². The van der Waals surface area contributed by atoms with Gasteiger partial charge in [0.05, 0.1) is 28.8 Å². The fraction of sp³-hybridized carbons (Fsp3) is 0.316. The summed E-state index contributed by atoms with van der Waals surface area (Å²) in [6.07, 6.45) is 0.694. The van der Waals surface area contributed by atoms with Crippen molar-refractivity contribution in [1.82, 2.24) is 9.88 Å². The van der Waals surface area contributed by atoms with Crippen LogP contribution in [0.1, 0.15) is 6.42 Å². The number of hydroxylamine groups is 1. The van der Waals surface area contributed by atoms with Crippen LogP contribution in [-0.2, 0) is 0 Å². The molecule has 0 atom stereocenters. The molecule has 1 heterocycles. The van der Waals surface area contributed by atoms with Gasteiger partial charge < -0.3 is 9.64 Å². The van der Waals surface area contributed by atoms with Crippen molar-refractivity contribution >= 4 is 33.2 Å². The molecule has 0 aliphatic rings. The maximum atomic E-state index is 11.8. The molecule has 2 aromatic carbocycles. The number of para-hydroxylation sites is 1. The van der Waals surface area contributed by atoms with Crippen molar-refractivity contribution < 1.29 is 14.9 Å². The number of aromatic nitrogens is 1. The molecule has 0 spiro atoms. The first kappa shape index (κ1) is 18.8. The summed E-state index contributed by atoms with van der Waals surface area (Å²) in [7, 11) is 5.29. The molecule has 0 amide bonds. The highest BCUT2D eigenvalue weighted by Gasteiger charge is 2.26. The molecule has 0 saturated carbocycles. The zero-order valence-corrected chi connectivity index (χ0v) is 15.5. The predicted molar refractivity (Wildman–Crippen MR) is 105 cm³/mol. The third-order valence-corrected chi connectivity index (χ3v) is 4.39. The van der Waals surface area contributed by atoms with E-state index in [0.29, 0.717) is 35.1 Å². The maximum absolute atomic E-state index is 11.8. The summed E-state index contributed by atoms with van der Waals surface area (Å²) in [6, 6.07) is 10.5. The van der Waals surface area contributed by atoms with Gasteiger partial charge in [0.2, 0.25) is 0 Å². The van der Waals surface area contributed by atoms with Gasteiger partial charge in [-0.3, -0.25) is 20.4 Å². The minimum atomic E-state index is -0.491. The Hall–Kier alpha value is -2.97. The molecule has 0 aliphatic heterocycles. The van der Waals surface area contributed by atoms with Gasteiger partial charge in [-0.05, 0) is 45.3 Å². The topological polar surface area (TPSA) is 92.0 Å². The molecule has 0 bridgehead atoms. The highest BCUT2D eigenvalue weighted by Crippen LogP contribution is 2.43. The molecule has 0 radical (unpaired) electrons. The number of fused-ring (bicyclic) bond motifs is 2. The van der Waals surface area contributed by atoms with Crippen LogP contribution in [0.15, 0.2) is 36.4 Å². The quantitative estimate of drug-likeness (QED) is 0.387. The Labute approximate surface area is 156 Å². The largest absolute Gasteiger partial charge is 0.490 e.